The number of furan rings is 1. The zero-order chi connectivity index (χ0) is 16.6. The zero-order valence-electron chi connectivity index (χ0n) is 12.6. The van der Waals surface area contributed by atoms with E-state index >= 15 is 0 Å². The van der Waals surface area contributed by atoms with Gasteiger partial charge in [0.1, 0.15) is 5.76 Å². The first-order valence-corrected chi connectivity index (χ1v) is 7.14. The molecule has 1 aliphatic rings. The van der Waals surface area contributed by atoms with Crippen molar-refractivity contribution < 1.29 is 19.1 Å². The second-order valence-corrected chi connectivity index (χ2v) is 5.48. The summed E-state index contributed by atoms with van der Waals surface area (Å²) in [5, 5.41) is 10.9. The van der Waals surface area contributed by atoms with Crippen LogP contribution in [0, 0.1) is 19.3 Å². The average molecular weight is 309 g/mol. The maximum atomic E-state index is 12.6. The van der Waals surface area contributed by atoms with Gasteiger partial charge in [0.15, 0.2) is 11.4 Å². The molecule has 1 atom stereocenters. The van der Waals surface area contributed by atoms with Crippen LogP contribution in [0.1, 0.15) is 28.3 Å². The lowest BCUT2D eigenvalue weighted by molar-refractivity contribution is -0.135. The second kappa shape index (κ2) is 5.41. The predicted octanol–water partition coefficient (Wildman–Crippen LogP) is 2.03. The SMILES string of the molecule is C#CCN1C(=O)C(O)(CC(=O)c2ccc(C)o2)c2ccccc21. The molecule has 23 heavy (non-hydrogen) atoms. The maximum absolute atomic E-state index is 12.6. The van der Waals surface area contributed by atoms with Gasteiger partial charge < -0.3 is 9.52 Å². The standard InChI is InChI=1S/C18H15NO4/c1-3-10-19-14-7-5-4-6-13(14)18(22,17(19)21)11-15(20)16-9-8-12(2)23-16/h1,4-9,22H,10-11H2,2H3. The normalized spacial score (nSPS) is 19.5. The molecule has 0 radical (unpaired) electrons. The molecule has 1 N–H and O–H groups in total. The monoisotopic (exact) mass is 309 g/mol. The fourth-order valence-electron chi connectivity index (χ4n) is 2.83. The van der Waals surface area contributed by atoms with E-state index in [9.17, 15) is 14.7 Å². The average Bonchev–Trinajstić information content (AvgIpc) is 3.05. The van der Waals surface area contributed by atoms with Crippen molar-refractivity contribution >= 4 is 17.4 Å². The summed E-state index contributed by atoms with van der Waals surface area (Å²) in [5.74, 6) is 2.08. The largest absolute Gasteiger partial charge is 0.458 e. The number of hydrogen-bond donors (Lipinski definition) is 1. The van der Waals surface area contributed by atoms with Gasteiger partial charge in [-0.1, -0.05) is 24.1 Å². The van der Waals surface area contributed by atoms with Crippen LogP contribution in [0.3, 0.4) is 0 Å². The molecule has 0 aliphatic carbocycles. The minimum atomic E-state index is -1.93. The Morgan fingerprint density at radius 2 is 2.09 bits per heavy atom. The Bertz CT molecular complexity index is 830. The molecule has 1 aromatic carbocycles. The number of fused-ring (bicyclic) bond motifs is 1. The number of carbonyl (C=O) groups is 2. The number of para-hydroxylation sites is 1. The van der Waals surface area contributed by atoms with E-state index in [1.165, 1.54) is 11.0 Å². The first-order valence-electron chi connectivity index (χ1n) is 7.14. The van der Waals surface area contributed by atoms with Crippen LogP contribution in [0.5, 0.6) is 0 Å². The van der Waals surface area contributed by atoms with E-state index in [1.807, 2.05) is 0 Å². The van der Waals surface area contributed by atoms with Crippen molar-refractivity contribution in [1.29, 1.82) is 0 Å². The molecule has 2 heterocycles. The van der Waals surface area contributed by atoms with Crippen molar-refractivity contribution in [2.24, 2.45) is 0 Å². The molecule has 0 fully saturated rings. The summed E-state index contributed by atoms with van der Waals surface area (Å²) in [5.41, 5.74) is -1.01. The van der Waals surface area contributed by atoms with E-state index < -0.39 is 23.7 Å². The highest BCUT2D eigenvalue weighted by atomic mass is 16.3. The molecule has 1 amide bonds. The molecule has 5 nitrogen and oxygen atoms in total. The van der Waals surface area contributed by atoms with Gasteiger partial charge in [-0.05, 0) is 25.1 Å². The Hall–Kier alpha value is -2.84. The Kier molecular flexibility index (Phi) is 3.55. The van der Waals surface area contributed by atoms with Gasteiger partial charge in [0, 0.05) is 5.56 Å². The van der Waals surface area contributed by atoms with E-state index in [1.54, 1.807) is 37.3 Å². The van der Waals surface area contributed by atoms with Crippen LogP contribution < -0.4 is 4.90 Å². The van der Waals surface area contributed by atoms with Gasteiger partial charge in [0.2, 0.25) is 5.78 Å². The lowest BCUT2D eigenvalue weighted by Crippen LogP contribution is -2.42. The molecule has 0 bridgehead atoms. The zero-order valence-corrected chi connectivity index (χ0v) is 12.6. The number of amides is 1. The van der Waals surface area contributed by atoms with Crippen LogP contribution in [0.2, 0.25) is 0 Å². The van der Waals surface area contributed by atoms with Crippen LogP contribution >= 0.6 is 0 Å². The first kappa shape index (κ1) is 15.1. The van der Waals surface area contributed by atoms with Crippen molar-refractivity contribution in [1.82, 2.24) is 0 Å². The van der Waals surface area contributed by atoms with Crippen molar-refractivity contribution in [3.05, 3.63) is 53.5 Å². The summed E-state index contributed by atoms with van der Waals surface area (Å²) in [6, 6.07) is 9.98. The highest BCUT2D eigenvalue weighted by molar-refractivity contribution is 6.10. The van der Waals surface area contributed by atoms with Gasteiger partial charge in [-0.2, -0.15) is 0 Å². The Labute approximate surface area is 133 Å². The highest BCUT2D eigenvalue weighted by Crippen LogP contribution is 2.42. The maximum Gasteiger partial charge on any atom is 0.265 e. The molecule has 0 spiro atoms. The van der Waals surface area contributed by atoms with E-state index in [-0.39, 0.29) is 12.3 Å². The van der Waals surface area contributed by atoms with Gasteiger partial charge in [0.05, 0.1) is 18.7 Å². The number of aliphatic hydroxyl groups is 1. The van der Waals surface area contributed by atoms with Crippen LogP contribution in [-0.2, 0) is 10.4 Å². The van der Waals surface area contributed by atoms with Crippen molar-refractivity contribution in [2.75, 3.05) is 11.4 Å². The number of aryl methyl sites for hydroxylation is 1. The molecular formula is C18H15NO4. The number of carbonyl (C=O) groups excluding carboxylic acids is 2. The molecular weight excluding hydrogens is 294 g/mol. The summed E-state index contributed by atoms with van der Waals surface area (Å²) < 4.78 is 5.28. The molecule has 2 aromatic rings. The summed E-state index contributed by atoms with van der Waals surface area (Å²) in [6.45, 7) is 1.75. The van der Waals surface area contributed by atoms with Crippen molar-refractivity contribution in [2.45, 2.75) is 18.9 Å². The predicted molar refractivity (Wildman–Crippen MR) is 83.9 cm³/mol. The molecule has 0 saturated heterocycles. The van der Waals surface area contributed by atoms with E-state index in [2.05, 4.69) is 5.92 Å². The summed E-state index contributed by atoms with van der Waals surface area (Å²) >= 11 is 0. The van der Waals surface area contributed by atoms with E-state index in [0.29, 0.717) is 17.0 Å². The lowest BCUT2D eigenvalue weighted by Gasteiger charge is -2.21. The minimum absolute atomic E-state index is 0.0339. The molecule has 1 aliphatic heterocycles. The minimum Gasteiger partial charge on any atom is -0.458 e. The molecule has 1 aromatic heterocycles. The summed E-state index contributed by atoms with van der Waals surface area (Å²) in [6.07, 6.45) is 4.91. The number of terminal acetylenes is 1. The van der Waals surface area contributed by atoms with E-state index in [0.717, 1.165) is 0 Å². The Morgan fingerprint density at radius 3 is 2.74 bits per heavy atom. The van der Waals surface area contributed by atoms with Gasteiger partial charge in [-0.15, -0.1) is 6.42 Å². The lowest BCUT2D eigenvalue weighted by atomic mass is 9.89. The van der Waals surface area contributed by atoms with Crippen molar-refractivity contribution in [3.63, 3.8) is 0 Å². The third-order valence-electron chi connectivity index (χ3n) is 3.92. The topological polar surface area (TPSA) is 70.8 Å². The third-order valence-corrected chi connectivity index (χ3v) is 3.92. The number of benzene rings is 1. The van der Waals surface area contributed by atoms with Gasteiger partial charge in [-0.25, -0.2) is 0 Å². The number of ketones is 1. The van der Waals surface area contributed by atoms with Gasteiger partial charge >= 0.3 is 0 Å². The fourth-order valence-corrected chi connectivity index (χ4v) is 2.83. The number of rotatable bonds is 4. The molecule has 3 rings (SSSR count). The number of anilines is 1. The summed E-state index contributed by atoms with van der Waals surface area (Å²) in [4.78, 5) is 26.3. The fraction of sp³-hybridized carbons (Fsp3) is 0.222. The quantitative estimate of drug-likeness (QED) is 0.693. The van der Waals surface area contributed by atoms with Crippen LogP contribution in [0.15, 0.2) is 40.8 Å². The molecule has 116 valence electrons. The van der Waals surface area contributed by atoms with E-state index in [4.69, 9.17) is 10.8 Å². The molecule has 1 unspecified atom stereocenters. The number of nitrogens with zero attached hydrogens (tertiary/aromatic N) is 1. The summed E-state index contributed by atoms with van der Waals surface area (Å²) in [7, 11) is 0. The van der Waals surface area contributed by atoms with Crippen LogP contribution in [0.4, 0.5) is 5.69 Å². The Balaban J connectivity index is 1.99. The molecule has 0 saturated carbocycles. The van der Waals surface area contributed by atoms with Gasteiger partial charge in [0.25, 0.3) is 5.91 Å². The van der Waals surface area contributed by atoms with Gasteiger partial charge in [-0.3, -0.25) is 14.5 Å². The highest BCUT2D eigenvalue weighted by Gasteiger charge is 2.50. The molecule has 5 heteroatoms. The first-order chi connectivity index (χ1) is 11.0. The van der Waals surface area contributed by atoms with Crippen LogP contribution in [0.25, 0.3) is 0 Å². The number of hydrogen-bond acceptors (Lipinski definition) is 4. The smallest absolute Gasteiger partial charge is 0.265 e. The van der Waals surface area contributed by atoms with Crippen molar-refractivity contribution in [3.8, 4) is 12.3 Å². The number of Topliss-reactive ketones (excluding diaryl/α,β-unsaturated/α-hetero) is 1. The Morgan fingerprint density at radius 1 is 1.35 bits per heavy atom. The van der Waals surface area contributed by atoms with Crippen LogP contribution in [-0.4, -0.2) is 23.3 Å². The third kappa shape index (κ3) is 2.33. The second-order valence-electron chi connectivity index (χ2n) is 5.48.